The van der Waals surface area contributed by atoms with Gasteiger partial charge in [0.2, 0.25) is 0 Å². The molecule has 0 aromatic rings. The van der Waals surface area contributed by atoms with E-state index < -0.39 is 5.54 Å². The third kappa shape index (κ3) is 6.62. The predicted octanol–water partition coefficient (Wildman–Crippen LogP) is 1.85. The molecule has 1 aliphatic carbocycles. The topological polar surface area (TPSA) is 54.3 Å². The van der Waals surface area contributed by atoms with E-state index in [1.54, 1.807) is 0 Å². The molecule has 4 nitrogen and oxygen atoms in total. The van der Waals surface area contributed by atoms with Gasteiger partial charge >= 0.3 is 0 Å². The summed E-state index contributed by atoms with van der Waals surface area (Å²) in [7, 11) is 0. The molecule has 0 bridgehead atoms. The van der Waals surface area contributed by atoms with Gasteiger partial charge in [0, 0.05) is 25.7 Å². The molecule has 0 aromatic heterocycles. The van der Waals surface area contributed by atoms with Gasteiger partial charge < -0.3 is 9.47 Å². The van der Waals surface area contributed by atoms with Crippen molar-refractivity contribution in [1.29, 1.82) is 5.26 Å². The number of nitrogens with zero attached hydrogens (tertiary/aromatic N) is 1. The molecule has 4 heteroatoms. The van der Waals surface area contributed by atoms with Crippen molar-refractivity contribution in [3.05, 3.63) is 0 Å². The molecule has 1 atom stereocenters. The van der Waals surface area contributed by atoms with Gasteiger partial charge in [-0.05, 0) is 26.2 Å². The number of nitrogens with one attached hydrogen (secondary N) is 1. The zero-order valence-electron chi connectivity index (χ0n) is 11.0. The Bertz CT molecular complexity index is 248. The van der Waals surface area contributed by atoms with Crippen molar-refractivity contribution < 1.29 is 9.47 Å². The van der Waals surface area contributed by atoms with Gasteiger partial charge in [0.05, 0.1) is 19.3 Å². The molecular formula is C13H24N2O2. The molecule has 98 valence electrons. The summed E-state index contributed by atoms with van der Waals surface area (Å²) in [6.45, 7) is 6.70. The van der Waals surface area contributed by atoms with Crippen molar-refractivity contribution in [2.45, 2.75) is 51.1 Å². The largest absolute Gasteiger partial charge is 0.379 e. The van der Waals surface area contributed by atoms with E-state index in [2.05, 4.69) is 18.3 Å². The summed E-state index contributed by atoms with van der Waals surface area (Å²) in [5.41, 5.74) is -0.439. The van der Waals surface area contributed by atoms with Crippen molar-refractivity contribution in [3.8, 4) is 6.07 Å². The zero-order chi connectivity index (χ0) is 12.6. The minimum atomic E-state index is -0.439. The third-order valence-electron chi connectivity index (χ3n) is 2.81. The van der Waals surface area contributed by atoms with Gasteiger partial charge in [-0.2, -0.15) is 5.26 Å². The lowest BCUT2D eigenvalue weighted by Gasteiger charge is -2.23. The average molecular weight is 240 g/mol. The Morgan fingerprint density at radius 1 is 1.24 bits per heavy atom. The van der Waals surface area contributed by atoms with Gasteiger partial charge in [0.1, 0.15) is 5.54 Å². The first-order valence-corrected chi connectivity index (χ1v) is 6.54. The smallest absolute Gasteiger partial charge is 0.106 e. The van der Waals surface area contributed by atoms with E-state index in [1.807, 2.05) is 6.92 Å². The SMILES string of the molecule is CCCOCCOCCC(C)(C#N)NC1CC1. The van der Waals surface area contributed by atoms with Crippen molar-refractivity contribution in [3.63, 3.8) is 0 Å². The highest BCUT2D eigenvalue weighted by atomic mass is 16.5. The summed E-state index contributed by atoms with van der Waals surface area (Å²) in [5, 5.41) is 12.5. The third-order valence-corrected chi connectivity index (χ3v) is 2.81. The molecule has 1 rings (SSSR count). The first-order valence-electron chi connectivity index (χ1n) is 6.54. The second kappa shape index (κ2) is 7.65. The van der Waals surface area contributed by atoms with Gasteiger partial charge in [-0.3, -0.25) is 5.32 Å². The predicted molar refractivity (Wildman–Crippen MR) is 66.7 cm³/mol. The Morgan fingerprint density at radius 2 is 1.88 bits per heavy atom. The average Bonchev–Trinajstić information content (AvgIpc) is 3.12. The Kier molecular flexibility index (Phi) is 6.49. The fourth-order valence-electron chi connectivity index (χ4n) is 1.58. The van der Waals surface area contributed by atoms with E-state index in [-0.39, 0.29) is 0 Å². The second-order valence-corrected chi connectivity index (χ2v) is 4.84. The van der Waals surface area contributed by atoms with Gasteiger partial charge in [-0.25, -0.2) is 0 Å². The molecule has 0 spiro atoms. The van der Waals surface area contributed by atoms with Crippen LogP contribution in [0.1, 0.15) is 39.5 Å². The molecule has 17 heavy (non-hydrogen) atoms. The summed E-state index contributed by atoms with van der Waals surface area (Å²) < 4.78 is 10.8. The van der Waals surface area contributed by atoms with Crippen LogP contribution in [0.3, 0.4) is 0 Å². The number of hydrogen-bond acceptors (Lipinski definition) is 4. The maximum Gasteiger partial charge on any atom is 0.106 e. The van der Waals surface area contributed by atoms with Gasteiger partial charge in [0.15, 0.2) is 0 Å². The van der Waals surface area contributed by atoms with E-state index in [4.69, 9.17) is 14.7 Å². The van der Waals surface area contributed by atoms with Crippen LogP contribution in [0.2, 0.25) is 0 Å². The fraction of sp³-hybridized carbons (Fsp3) is 0.923. The van der Waals surface area contributed by atoms with Crippen LogP contribution in [0.5, 0.6) is 0 Å². The molecule has 0 aromatic carbocycles. The maximum atomic E-state index is 9.14. The van der Waals surface area contributed by atoms with Gasteiger partial charge in [-0.1, -0.05) is 6.92 Å². The highest BCUT2D eigenvalue weighted by molar-refractivity contribution is 5.06. The lowest BCUT2D eigenvalue weighted by atomic mass is 10.0. The number of ether oxygens (including phenoxy) is 2. The van der Waals surface area contributed by atoms with Crippen molar-refractivity contribution in [2.24, 2.45) is 0 Å². The fourth-order valence-corrected chi connectivity index (χ4v) is 1.58. The normalized spacial score (nSPS) is 18.6. The molecule has 0 saturated heterocycles. The van der Waals surface area contributed by atoms with E-state index in [0.717, 1.165) is 19.4 Å². The number of nitriles is 1. The first kappa shape index (κ1) is 14.4. The molecular weight excluding hydrogens is 216 g/mol. The molecule has 1 saturated carbocycles. The minimum Gasteiger partial charge on any atom is -0.379 e. The minimum absolute atomic E-state index is 0.439. The summed E-state index contributed by atoms with van der Waals surface area (Å²) in [6.07, 6.45) is 4.16. The Labute approximate surface area is 104 Å². The molecule has 0 heterocycles. The van der Waals surface area contributed by atoms with Crippen LogP contribution in [-0.4, -0.2) is 38.0 Å². The Balaban J connectivity index is 2.01. The monoisotopic (exact) mass is 240 g/mol. The van der Waals surface area contributed by atoms with E-state index in [9.17, 15) is 0 Å². The van der Waals surface area contributed by atoms with Crippen LogP contribution >= 0.6 is 0 Å². The van der Waals surface area contributed by atoms with Gasteiger partial charge in [0.25, 0.3) is 0 Å². The molecule has 1 N–H and O–H groups in total. The summed E-state index contributed by atoms with van der Waals surface area (Å²) in [6, 6.07) is 2.89. The maximum absolute atomic E-state index is 9.14. The quantitative estimate of drug-likeness (QED) is 0.592. The van der Waals surface area contributed by atoms with Crippen LogP contribution in [0, 0.1) is 11.3 Å². The van der Waals surface area contributed by atoms with Crippen molar-refractivity contribution >= 4 is 0 Å². The summed E-state index contributed by atoms with van der Waals surface area (Å²) in [5.74, 6) is 0. The molecule has 1 unspecified atom stereocenters. The molecule has 1 aliphatic rings. The number of hydrogen-bond donors (Lipinski definition) is 1. The molecule has 0 aliphatic heterocycles. The standard InChI is InChI=1S/C13H24N2O2/c1-3-7-16-9-10-17-8-6-13(2,11-14)15-12-4-5-12/h12,15H,3-10H2,1-2H3. The molecule has 0 radical (unpaired) electrons. The summed E-state index contributed by atoms with van der Waals surface area (Å²) in [4.78, 5) is 0. The lowest BCUT2D eigenvalue weighted by Crippen LogP contribution is -2.43. The van der Waals surface area contributed by atoms with Crippen LogP contribution < -0.4 is 5.32 Å². The van der Waals surface area contributed by atoms with Crippen LogP contribution in [0.15, 0.2) is 0 Å². The molecule has 1 fully saturated rings. The second-order valence-electron chi connectivity index (χ2n) is 4.84. The summed E-state index contributed by atoms with van der Waals surface area (Å²) >= 11 is 0. The Hall–Kier alpha value is -0.630. The first-order chi connectivity index (χ1) is 8.20. The van der Waals surface area contributed by atoms with Crippen LogP contribution in [0.25, 0.3) is 0 Å². The molecule has 0 amide bonds. The van der Waals surface area contributed by atoms with Crippen LogP contribution in [-0.2, 0) is 9.47 Å². The van der Waals surface area contributed by atoms with E-state index >= 15 is 0 Å². The lowest BCUT2D eigenvalue weighted by molar-refractivity contribution is 0.0426. The van der Waals surface area contributed by atoms with Crippen molar-refractivity contribution in [1.82, 2.24) is 5.32 Å². The van der Waals surface area contributed by atoms with E-state index in [0.29, 0.717) is 25.9 Å². The van der Waals surface area contributed by atoms with Crippen molar-refractivity contribution in [2.75, 3.05) is 26.4 Å². The zero-order valence-corrected chi connectivity index (χ0v) is 11.0. The van der Waals surface area contributed by atoms with Gasteiger partial charge in [-0.15, -0.1) is 0 Å². The van der Waals surface area contributed by atoms with Crippen LogP contribution in [0.4, 0.5) is 0 Å². The Morgan fingerprint density at radius 3 is 2.41 bits per heavy atom. The van der Waals surface area contributed by atoms with E-state index in [1.165, 1.54) is 12.8 Å². The number of rotatable bonds is 10. The highest BCUT2D eigenvalue weighted by Gasteiger charge is 2.32. The highest BCUT2D eigenvalue weighted by Crippen LogP contribution is 2.23.